The average molecular weight is 456 g/mol. The molecule has 0 aromatic heterocycles. The van der Waals surface area contributed by atoms with Gasteiger partial charge in [0.1, 0.15) is 0 Å². The Bertz CT molecular complexity index is 943. The Kier molecular flexibility index (Phi) is 6.90. The SMILES string of the molecule is CC(C)(C)[Si](C)(C)OC(c1ccccc1)[C@H]1CC[C@@H](Cc2ccc(N)c(N)c2)N1C(=O)O. The molecule has 7 heteroatoms. The van der Waals surface area contributed by atoms with Crippen molar-refractivity contribution in [3.05, 3.63) is 59.7 Å². The second-order valence-corrected chi connectivity index (χ2v) is 15.1. The highest BCUT2D eigenvalue weighted by molar-refractivity contribution is 6.74. The molecule has 1 fully saturated rings. The van der Waals surface area contributed by atoms with Crippen molar-refractivity contribution in [1.29, 1.82) is 0 Å². The molecular formula is C25H37N3O3Si. The predicted molar refractivity (Wildman–Crippen MR) is 133 cm³/mol. The van der Waals surface area contributed by atoms with E-state index in [0.717, 1.165) is 24.0 Å². The monoisotopic (exact) mass is 455 g/mol. The van der Waals surface area contributed by atoms with E-state index in [-0.39, 0.29) is 23.2 Å². The molecule has 1 heterocycles. The third-order valence-corrected chi connectivity index (χ3v) is 11.6. The lowest BCUT2D eigenvalue weighted by atomic mass is 10.0. The molecule has 1 aliphatic rings. The zero-order valence-electron chi connectivity index (χ0n) is 19.8. The van der Waals surface area contributed by atoms with Crippen molar-refractivity contribution < 1.29 is 14.3 Å². The van der Waals surface area contributed by atoms with Crippen LogP contribution in [0.15, 0.2) is 48.5 Å². The lowest BCUT2D eigenvalue weighted by Gasteiger charge is -2.42. The highest BCUT2D eigenvalue weighted by Crippen LogP contribution is 2.44. The lowest BCUT2D eigenvalue weighted by molar-refractivity contribution is 0.0598. The number of amides is 1. The maximum atomic E-state index is 12.5. The van der Waals surface area contributed by atoms with Gasteiger partial charge in [-0.3, -0.25) is 4.90 Å². The molecule has 1 amide bonds. The largest absolute Gasteiger partial charge is 0.465 e. The Balaban J connectivity index is 1.93. The standard InChI is InChI=1S/C25H37N3O3Si/c1-25(2,3)32(4,5)31-23(18-9-7-6-8-10-18)22-14-12-19(28(22)24(29)30)15-17-11-13-20(26)21(27)16-17/h6-11,13,16,19,22-23H,12,14-15,26-27H2,1-5H3,(H,29,30)/t19-,22+,23?/m0/s1. The molecule has 1 saturated heterocycles. The topological polar surface area (TPSA) is 102 Å². The number of carboxylic acid groups (broad SMARTS) is 1. The van der Waals surface area contributed by atoms with Crippen LogP contribution >= 0.6 is 0 Å². The zero-order chi connectivity index (χ0) is 23.7. The van der Waals surface area contributed by atoms with Crippen LogP contribution in [0.3, 0.4) is 0 Å². The number of anilines is 2. The van der Waals surface area contributed by atoms with Crippen LogP contribution in [0.25, 0.3) is 0 Å². The van der Waals surface area contributed by atoms with Gasteiger partial charge in [-0.25, -0.2) is 4.79 Å². The van der Waals surface area contributed by atoms with Gasteiger partial charge >= 0.3 is 6.09 Å². The Labute approximate surface area is 192 Å². The number of hydrogen-bond donors (Lipinski definition) is 3. The van der Waals surface area contributed by atoms with E-state index in [1.807, 2.05) is 42.5 Å². The molecule has 32 heavy (non-hydrogen) atoms. The van der Waals surface area contributed by atoms with Gasteiger partial charge < -0.3 is 21.0 Å². The van der Waals surface area contributed by atoms with Crippen LogP contribution in [0.5, 0.6) is 0 Å². The molecule has 5 N–H and O–H groups in total. The van der Waals surface area contributed by atoms with Gasteiger partial charge in [0, 0.05) is 6.04 Å². The Morgan fingerprint density at radius 3 is 2.34 bits per heavy atom. The average Bonchev–Trinajstić information content (AvgIpc) is 3.12. The first-order chi connectivity index (χ1) is 14.9. The Morgan fingerprint density at radius 1 is 1.12 bits per heavy atom. The summed E-state index contributed by atoms with van der Waals surface area (Å²) in [6, 6.07) is 15.3. The summed E-state index contributed by atoms with van der Waals surface area (Å²) in [5.74, 6) is 0. The van der Waals surface area contributed by atoms with E-state index in [9.17, 15) is 9.90 Å². The van der Waals surface area contributed by atoms with Gasteiger partial charge in [0.2, 0.25) is 0 Å². The fourth-order valence-electron chi connectivity index (χ4n) is 4.24. The van der Waals surface area contributed by atoms with E-state index in [1.165, 1.54) is 0 Å². The van der Waals surface area contributed by atoms with Gasteiger partial charge in [0.15, 0.2) is 8.32 Å². The molecule has 3 rings (SSSR count). The van der Waals surface area contributed by atoms with E-state index in [4.69, 9.17) is 15.9 Å². The van der Waals surface area contributed by atoms with Crippen molar-refractivity contribution in [2.24, 2.45) is 0 Å². The Morgan fingerprint density at radius 2 is 1.78 bits per heavy atom. The highest BCUT2D eigenvalue weighted by atomic mass is 28.4. The molecule has 0 saturated carbocycles. The maximum Gasteiger partial charge on any atom is 0.407 e. The van der Waals surface area contributed by atoms with Gasteiger partial charge in [0.25, 0.3) is 0 Å². The van der Waals surface area contributed by atoms with Crippen LogP contribution in [0.4, 0.5) is 16.2 Å². The maximum absolute atomic E-state index is 12.5. The van der Waals surface area contributed by atoms with Crippen molar-refractivity contribution in [1.82, 2.24) is 4.90 Å². The van der Waals surface area contributed by atoms with Crippen LogP contribution < -0.4 is 11.5 Å². The molecular weight excluding hydrogens is 418 g/mol. The molecule has 3 atom stereocenters. The van der Waals surface area contributed by atoms with E-state index >= 15 is 0 Å². The minimum Gasteiger partial charge on any atom is -0.465 e. The molecule has 2 aromatic carbocycles. The predicted octanol–water partition coefficient (Wildman–Crippen LogP) is 5.67. The van der Waals surface area contributed by atoms with Crippen LogP contribution in [-0.2, 0) is 10.8 Å². The summed E-state index contributed by atoms with van der Waals surface area (Å²) in [5.41, 5.74) is 14.9. The fraction of sp³-hybridized carbons (Fsp3) is 0.480. The number of nitrogens with two attached hydrogens (primary N) is 2. The molecule has 0 radical (unpaired) electrons. The van der Waals surface area contributed by atoms with Crippen LogP contribution in [-0.4, -0.2) is 36.5 Å². The van der Waals surface area contributed by atoms with Crippen molar-refractivity contribution in [3.8, 4) is 0 Å². The lowest BCUT2D eigenvalue weighted by Crippen LogP contribution is -2.49. The first kappa shape index (κ1) is 24.1. The van der Waals surface area contributed by atoms with Gasteiger partial charge in [-0.15, -0.1) is 0 Å². The van der Waals surface area contributed by atoms with Crippen LogP contribution in [0, 0.1) is 0 Å². The quantitative estimate of drug-likeness (QED) is 0.385. The molecule has 0 aliphatic carbocycles. The summed E-state index contributed by atoms with van der Waals surface area (Å²) in [4.78, 5) is 14.1. The second-order valence-electron chi connectivity index (χ2n) is 10.4. The number of likely N-dealkylation sites (tertiary alicyclic amines) is 1. The summed E-state index contributed by atoms with van der Waals surface area (Å²) < 4.78 is 6.88. The number of nitrogen functional groups attached to an aromatic ring is 2. The molecule has 2 aromatic rings. The summed E-state index contributed by atoms with van der Waals surface area (Å²) >= 11 is 0. The Hall–Kier alpha value is -2.51. The number of nitrogens with zero attached hydrogens (tertiary/aromatic N) is 1. The fourth-order valence-corrected chi connectivity index (χ4v) is 5.52. The molecule has 1 unspecified atom stereocenters. The molecule has 1 aliphatic heterocycles. The molecule has 6 nitrogen and oxygen atoms in total. The smallest absolute Gasteiger partial charge is 0.407 e. The normalized spacial score (nSPS) is 20.3. The third-order valence-electron chi connectivity index (χ3n) is 7.10. The van der Waals surface area contributed by atoms with E-state index in [0.29, 0.717) is 17.8 Å². The minimum absolute atomic E-state index is 0.0214. The highest BCUT2D eigenvalue weighted by Gasteiger charge is 2.46. The van der Waals surface area contributed by atoms with Crippen LogP contribution in [0.1, 0.15) is 50.8 Å². The minimum atomic E-state index is -2.14. The van der Waals surface area contributed by atoms with Gasteiger partial charge in [-0.05, 0) is 60.7 Å². The third kappa shape index (κ3) is 5.10. The van der Waals surface area contributed by atoms with E-state index in [2.05, 4.69) is 33.9 Å². The van der Waals surface area contributed by atoms with Crippen molar-refractivity contribution in [2.45, 2.75) is 76.4 Å². The van der Waals surface area contributed by atoms with Gasteiger partial charge in [-0.1, -0.05) is 57.2 Å². The number of carbonyl (C=O) groups is 1. The zero-order valence-corrected chi connectivity index (χ0v) is 20.8. The summed E-state index contributed by atoms with van der Waals surface area (Å²) in [5, 5.41) is 10.2. The van der Waals surface area contributed by atoms with Crippen molar-refractivity contribution >= 4 is 25.8 Å². The summed E-state index contributed by atoms with van der Waals surface area (Å²) in [6.45, 7) is 11.1. The molecule has 0 bridgehead atoms. The first-order valence-electron chi connectivity index (χ1n) is 11.3. The second kappa shape index (κ2) is 9.15. The first-order valence-corrected chi connectivity index (χ1v) is 14.2. The summed E-state index contributed by atoms with van der Waals surface area (Å²) in [7, 11) is -2.14. The molecule has 0 spiro atoms. The van der Waals surface area contributed by atoms with E-state index < -0.39 is 14.4 Å². The van der Waals surface area contributed by atoms with Gasteiger partial charge in [0.05, 0.1) is 23.5 Å². The van der Waals surface area contributed by atoms with E-state index in [1.54, 1.807) is 11.0 Å². The summed E-state index contributed by atoms with van der Waals surface area (Å²) in [6.07, 6.45) is 0.950. The van der Waals surface area contributed by atoms with Crippen molar-refractivity contribution in [2.75, 3.05) is 11.5 Å². The number of hydrogen-bond acceptors (Lipinski definition) is 4. The molecule has 174 valence electrons. The van der Waals surface area contributed by atoms with Gasteiger partial charge in [-0.2, -0.15) is 0 Å². The number of rotatable bonds is 6. The van der Waals surface area contributed by atoms with Crippen molar-refractivity contribution in [3.63, 3.8) is 0 Å². The van der Waals surface area contributed by atoms with Crippen LogP contribution in [0.2, 0.25) is 18.1 Å². The number of benzene rings is 2.